The summed E-state index contributed by atoms with van der Waals surface area (Å²) in [6.07, 6.45) is -4.46. The van der Waals surface area contributed by atoms with Crippen LogP contribution in [-0.2, 0) is 4.79 Å². The lowest BCUT2D eigenvalue weighted by molar-refractivity contribution is -0.148. The van der Waals surface area contributed by atoms with Crippen LogP contribution in [0.3, 0.4) is 0 Å². The molecule has 4 atom stereocenters. The monoisotopic (exact) mass is 283 g/mol. The van der Waals surface area contributed by atoms with E-state index >= 15 is 0 Å². The smallest absolute Gasteiger partial charge is 0.251 e. The van der Waals surface area contributed by atoms with Gasteiger partial charge in [0.25, 0.3) is 5.91 Å². The van der Waals surface area contributed by atoms with Gasteiger partial charge in [-0.05, 0) is 18.4 Å². The predicted molar refractivity (Wildman–Crippen MR) is 67.1 cm³/mol. The van der Waals surface area contributed by atoms with Gasteiger partial charge in [0.05, 0.1) is 6.61 Å². The van der Waals surface area contributed by atoms with Gasteiger partial charge < -0.3 is 30.8 Å². The van der Waals surface area contributed by atoms with E-state index in [9.17, 15) is 20.1 Å². The van der Waals surface area contributed by atoms with Crippen molar-refractivity contribution in [3.63, 3.8) is 0 Å². The van der Waals surface area contributed by atoms with Crippen LogP contribution in [0.4, 0.5) is 0 Å². The third-order valence-electron chi connectivity index (χ3n) is 2.35. The van der Waals surface area contributed by atoms with Crippen molar-refractivity contribution >= 4 is 17.7 Å². The second-order valence-electron chi connectivity index (χ2n) is 3.81. The molecule has 0 aliphatic carbocycles. The lowest BCUT2D eigenvalue weighted by Gasteiger charge is -2.24. The fraction of sp³-hybridized carbons (Fsp3) is 0.900. The van der Waals surface area contributed by atoms with Crippen molar-refractivity contribution < 1.29 is 30.3 Å². The highest BCUT2D eigenvalue weighted by Gasteiger charge is 2.33. The Kier molecular flexibility index (Phi) is 9.34. The zero-order chi connectivity index (χ0) is 14.1. The van der Waals surface area contributed by atoms with E-state index < -0.39 is 36.9 Å². The van der Waals surface area contributed by atoms with Crippen molar-refractivity contribution in [3.8, 4) is 0 Å². The Morgan fingerprint density at radius 3 is 2.33 bits per heavy atom. The van der Waals surface area contributed by atoms with Gasteiger partial charge in [0.1, 0.15) is 18.3 Å². The molecule has 0 fully saturated rings. The summed E-state index contributed by atoms with van der Waals surface area (Å²) in [7, 11) is 0. The molecule has 0 rings (SSSR count). The zero-order valence-corrected chi connectivity index (χ0v) is 11.0. The Morgan fingerprint density at radius 2 is 1.83 bits per heavy atom. The van der Waals surface area contributed by atoms with E-state index in [0.29, 0.717) is 6.54 Å². The molecule has 0 bridgehead atoms. The first-order valence-corrected chi connectivity index (χ1v) is 6.94. The lowest BCUT2D eigenvalue weighted by atomic mass is 10.0. The Morgan fingerprint density at radius 1 is 1.22 bits per heavy atom. The normalized spacial score (nSPS) is 17.9. The van der Waals surface area contributed by atoms with Gasteiger partial charge in [0.15, 0.2) is 6.10 Å². The highest BCUT2D eigenvalue weighted by molar-refractivity contribution is 7.98. The van der Waals surface area contributed by atoms with Gasteiger partial charge in [-0.15, -0.1) is 0 Å². The fourth-order valence-electron chi connectivity index (χ4n) is 1.21. The SMILES string of the molecule is CSCCCNC(=O)C(O)C(O)C(O)C(O)CO. The summed E-state index contributed by atoms with van der Waals surface area (Å²) in [4.78, 5) is 11.4. The average molecular weight is 283 g/mol. The highest BCUT2D eigenvalue weighted by atomic mass is 32.2. The van der Waals surface area contributed by atoms with Crippen LogP contribution in [0.25, 0.3) is 0 Å². The number of nitrogens with one attached hydrogen (secondary N) is 1. The molecule has 0 saturated carbocycles. The third-order valence-corrected chi connectivity index (χ3v) is 3.04. The maximum absolute atomic E-state index is 11.4. The van der Waals surface area contributed by atoms with Crippen LogP contribution < -0.4 is 5.32 Å². The molecule has 0 saturated heterocycles. The first kappa shape index (κ1) is 17.6. The van der Waals surface area contributed by atoms with E-state index in [1.54, 1.807) is 11.8 Å². The van der Waals surface area contributed by atoms with Crippen molar-refractivity contribution in [2.24, 2.45) is 0 Å². The Bertz CT molecular complexity index is 242. The number of aliphatic hydroxyl groups excluding tert-OH is 5. The van der Waals surface area contributed by atoms with Crippen LogP contribution in [0, 0.1) is 0 Å². The molecule has 0 spiro atoms. The van der Waals surface area contributed by atoms with E-state index in [2.05, 4.69) is 5.32 Å². The van der Waals surface area contributed by atoms with Gasteiger partial charge in [0.2, 0.25) is 0 Å². The molecule has 0 aromatic carbocycles. The molecule has 18 heavy (non-hydrogen) atoms. The number of hydrogen-bond acceptors (Lipinski definition) is 7. The summed E-state index contributed by atoms with van der Waals surface area (Å²) in [5.41, 5.74) is 0. The van der Waals surface area contributed by atoms with Crippen molar-refractivity contribution in [1.82, 2.24) is 5.32 Å². The summed E-state index contributed by atoms with van der Waals surface area (Å²) in [6.45, 7) is -0.428. The number of carbonyl (C=O) groups excluding carboxylic acids is 1. The number of aliphatic hydroxyl groups is 5. The minimum Gasteiger partial charge on any atom is -0.394 e. The summed E-state index contributed by atoms with van der Waals surface area (Å²) < 4.78 is 0. The van der Waals surface area contributed by atoms with Crippen LogP contribution in [0.2, 0.25) is 0 Å². The van der Waals surface area contributed by atoms with Crippen molar-refractivity contribution in [2.75, 3.05) is 25.2 Å². The molecule has 0 aromatic rings. The Balaban J connectivity index is 4.11. The molecule has 0 radical (unpaired) electrons. The zero-order valence-electron chi connectivity index (χ0n) is 10.2. The summed E-state index contributed by atoms with van der Waals surface area (Å²) in [5.74, 6) is 0.0258. The maximum atomic E-state index is 11.4. The third kappa shape index (κ3) is 5.98. The van der Waals surface area contributed by atoms with E-state index in [0.717, 1.165) is 12.2 Å². The molecular weight excluding hydrogens is 262 g/mol. The lowest BCUT2D eigenvalue weighted by Crippen LogP contribution is -2.51. The standard InChI is InChI=1S/C10H21NO6S/c1-18-4-2-3-11-10(17)9(16)8(15)7(14)6(13)5-12/h6-9,12-16H,2-5H2,1H3,(H,11,17). The molecule has 0 aromatic heterocycles. The quantitative estimate of drug-likeness (QED) is 0.254. The second-order valence-corrected chi connectivity index (χ2v) is 4.80. The van der Waals surface area contributed by atoms with Crippen LogP contribution in [0.5, 0.6) is 0 Å². The average Bonchev–Trinajstić information content (AvgIpc) is 2.39. The van der Waals surface area contributed by atoms with Crippen LogP contribution in [-0.4, -0.2) is 81.0 Å². The number of thioether (sulfide) groups is 1. The second kappa shape index (κ2) is 9.54. The number of hydrogen-bond donors (Lipinski definition) is 6. The first-order valence-electron chi connectivity index (χ1n) is 5.55. The molecular formula is C10H21NO6S. The molecule has 0 aliphatic heterocycles. The van der Waals surface area contributed by atoms with E-state index in [1.807, 2.05) is 6.26 Å². The number of carbonyl (C=O) groups is 1. The fourth-order valence-corrected chi connectivity index (χ4v) is 1.64. The van der Waals surface area contributed by atoms with E-state index in [4.69, 9.17) is 10.2 Å². The number of rotatable bonds is 9. The maximum Gasteiger partial charge on any atom is 0.251 e. The molecule has 0 aliphatic rings. The minimum absolute atomic E-state index is 0.349. The van der Waals surface area contributed by atoms with Crippen molar-refractivity contribution in [2.45, 2.75) is 30.8 Å². The van der Waals surface area contributed by atoms with Gasteiger partial charge in [-0.25, -0.2) is 0 Å². The number of amides is 1. The van der Waals surface area contributed by atoms with Gasteiger partial charge in [-0.1, -0.05) is 0 Å². The van der Waals surface area contributed by atoms with Crippen molar-refractivity contribution in [3.05, 3.63) is 0 Å². The summed E-state index contributed by atoms with van der Waals surface area (Å²) in [5, 5.41) is 48.2. The molecule has 7 nitrogen and oxygen atoms in total. The van der Waals surface area contributed by atoms with E-state index in [-0.39, 0.29) is 0 Å². The Labute approximate surface area is 110 Å². The van der Waals surface area contributed by atoms with Gasteiger partial charge in [-0.2, -0.15) is 11.8 Å². The summed E-state index contributed by atoms with van der Waals surface area (Å²) >= 11 is 1.62. The molecule has 8 heteroatoms. The van der Waals surface area contributed by atoms with Crippen LogP contribution in [0.15, 0.2) is 0 Å². The molecule has 108 valence electrons. The molecule has 6 N–H and O–H groups in total. The van der Waals surface area contributed by atoms with Gasteiger partial charge >= 0.3 is 0 Å². The summed E-state index contributed by atoms with van der Waals surface area (Å²) in [6, 6.07) is 0. The highest BCUT2D eigenvalue weighted by Crippen LogP contribution is 2.05. The largest absolute Gasteiger partial charge is 0.394 e. The van der Waals surface area contributed by atoms with Gasteiger partial charge in [-0.3, -0.25) is 4.79 Å². The Hall–Kier alpha value is -0.380. The van der Waals surface area contributed by atoms with Crippen LogP contribution >= 0.6 is 11.8 Å². The van der Waals surface area contributed by atoms with E-state index in [1.165, 1.54) is 0 Å². The minimum atomic E-state index is -1.85. The van der Waals surface area contributed by atoms with Crippen molar-refractivity contribution in [1.29, 1.82) is 0 Å². The van der Waals surface area contributed by atoms with Gasteiger partial charge in [0, 0.05) is 6.54 Å². The molecule has 1 amide bonds. The topological polar surface area (TPSA) is 130 Å². The predicted octanol–water partition coefficient (Wildman–Crippen LogP) is -2.71. The molecule has 0 heterocycles. The van der Waals surface area contributed by atoms with Crippen LogP contribution in [0.1, 0.15) is 6.42 Å². The first-order chi connectivity index (χ1) is 8.45. The molecule has 4 unspecified atom stereocenters.